The second-order valence-corrected chi connectivity index (χ2v) is 12.3. The van der Waals surface area contributed by atoms with Gasteiger partial charge in [0.25, 0.3) is 0 Å². The van der Waals surface area contributed by atoms with E-state index < -0.39 is 17.4 Å². The molecule has 0 fully saturated rings. The third-order valence-corrected chi connectivity index (χ3v) is 6.89. The zero-order chi connectivity index (χ0) is 30.9. The van der Waals surface area contributed by atoms with Gasteiger partial charge in [-0.2, -0.15) is 0 Å². The van der Waals surface area contributed by atoms with Crippen LogP contribution in [0.3, 0.4) is 0 Å². The molecule has 0 N–H and O–H groups in total. The van der Waals surface area contributed by atoms with Crippen molar-refractivity contribution in [2.45, 2.75) is 144 Å². The molecule has 0 aliphatic carbocycles. The van der Waals surface area contributed by atoms with Crippen molar-refractivity contribution < 1.29 is 38.1 Å². The molecule has 8 nitrogen and oxygen atoms in total. The number of hydrogen-bond acceptors (Lipinski definition) is 8. The van der Waals surface area contributed by atoms with Crippen molar-refractivity contribution in [1.29, 1.82) is 0 Å². The molecule has 0 aliphatic heterocycles. The van der Waals surface area contributed by atoms with Gasteiger partial charge in [0.05, 0.1) is 0 Å². The Morgan fingerprint density at radius 3 is 1.05 bits per heavy atom. The largest absolute Gasteiger partial charge is 0.465 e. The van der Waals surface area contributed by atoms with E-state index in [9.17, 15) is 19.2 Å². The van der Waals surface area contributed by atoms with Crippen molar-refractivity contribution in [2.75, 3.05) is 26.4 Å². The maximum Gasteiger partial charge on any atom is 0.305 e. The summed E-state index contributed by atoms with van der Waals surface area (Å²) in [5.74, 6) is -0.199. The quantitative estimate of drug-likeness (QED) is 0.0577. The van der Waals surface area contributed by atoms with Crippen molar-refractivity contribution in [3.63, 3.8) is 0 Å². The molecule has 0 rings (SSSR count). The third kappa shape index (κ3) is 23.2. The molecule has 0 saturated carbocycles. The van der Waals surface area contributed by atoms with Gasteiger partial charge >= 0.3 is 23.9 Å². The molecular weight excluding hydrogens is 524 g/mol. The number of unbranched alkanes of at least 4 members (excludes halogenated alkanes) is 6. The Morgan fingerprint density at radius 2 is 0.756 bits per heavy atom. The van der Waals surface area contributed by atoms with Gasteiger partial charge < -0.3 is 18.9 Å². The SMILES string of the molecule is CCCC(=O)OCC(COC(=O)CCC)(COC(=O)CCCCCCC(C)C)COC(=O)CCCCCCC(C)C. The lowest BCUT2D eigenvalue weighted by Gasteiger charge is -2.31. The number of esters is 4. The molecule has 0 spiro atoms. The second-order valence-electron chi connectivity index (χ2n) is 12.3. The summed E-state index contributed by atoms with van der Waals surface area (Å²) in [4.78, 5) is 49.5. The molecule has 0 aromatic heterocycles. The van der Waals surface area contributed by atoms with Crippen molar-refractivity contribution in [2.24, 2.45) is 17.3 Å². The summed E-state index contributed by atoms with van der Waals surface area (Å²) in [6, 6.07) is 0. The van der Waals surface area contributed by atoms with Gasteiger partial charge in [-0.25, -0.2) is 0 Å². The van der Waals surface area contributed by atoms with E-state index in [1.807, 2.05) is 13.8 Å². The van der Waals surface area contributed by atoms with Gasteiger partial charge in [-0.3, -0.25) is 19.2 Å². The minimum absolute atomic E-state index is 0.180. The van der Waals surface area contributed by atoms with Gasteiger partial charge in [0.1, 0.15) is 31.8 Å². The number of hydrogen-bond donors (Lipinski definition) is 0. The Morgan fingerprint density at radius 1 is 0.463 bits per heavy atom. The van der Waals surface area contributed by atoms with Crippen LogP contribution < -0.4 is 0 Å². The number of rotatable bonds is 26. The minimum atomic E-state index is -1.17. The highest BCUT2D eigenvalue weighted by Gasteiger charge is 2.37. The van der Waals surface area contributed by atoms with E-state index >= 15 is 0 Å². The Bertz CT molecular complexity index is 656. The first-order valence-corrected chi connectivity index (χ1v) is 16.2. The molecule has 0 amide bonds. The molecule has 0 atom stereocenters. The molecule has 0 aromatic rings. The fourth-order valence-corrected chi connectivity index (χ4v) is 4.23. The normalized spacial score (nSPS) is 11.5. The van der Waals surface area contributed by atoms with Gasteiger partial charge in [-0.15, -0.1) is 0 Å². The summed E-state index contributed by atoms with van der Waals surface area (Å²) >= 11 is 0. The number of carbonyl (C=O) groups is 4. The van der Waals surface area contributed by atoms with Crippen molar-refractivity contribution in [1.82, 2.24) is 0 Å². The first-order valence-electron chi connectivity index (χ1n) is 16.2. The summed E-state index contributed by atoms with van der Waals surface area (Å²) < 4.78 is 22.2. The van der Waals surface area contributed by atoms with Crippen LogP contribution >= 0.6 is 0 Å². The van der Waals surface area contributed by atoms with Gasteiger partial charge in [-0.1, -0.05) is 92.9 Å². The van der Waals surface area contributed by atoms with Crippen molar-refractivity contribution in [3.05, 3.63) is 0 Å². The predicted octanol–water partition coefficient (Wildman–Crippen LogP) is 7.74. The molecule has 240 valence electrons. The number of carbonyl (C=O) groups excluding carboxylic acids is 4. The fraction of sp³-hybridized carbons (Fsp3) is 0.879. The molecule has 41 heavy (non-hydrogen) atoms. The van der Waals surface area contributed by atoms with Gasteiger partial charge in [0, 0.05) is 25.7 Å². The van der Waals surface area contributed by atoms with Crippen LogP contribution in [0.5, 0.6) is 0 Å². The maximum atomic E-state index is 12.6. The maximum absolute atomic E-state index is 12.6. The molecular formula is C33H60O8. The molecule has 0 bridgehead atoms. The van der Waals surface area contributed by atoms with Crippen LogP contribution in [0.4, 0.5) is 0 Å². The summed E-state index contributed by atoms with van der Waals surface area (Å²) in [6.07, 6.45) is 12.4. The molecule has 0 saturated heterocycles. The summed E-state index contributed by atoms with van der Waals surface area (Å²) in [5, 5.41) is 0. The van der Waals surface area contributed by atoms with Crippen molar-refractivity contribution >= 4 is 23.9 Å². The first-order chi connectivity index (χ1) is 19.5. The van der Waals surface area contributed by atoms with E-state index in [0.717, 1.165) is 51.4 Å². The molecule has 0 aliphatic rings. The Labute approximate surface area is 250 Å². The highest BCUT2D eigenvalue weighted by Crippen LogP contribution is 2.23. The van der Waals surface area contributed by atoms with E-state index in [1.165, 1.54) is 12.8 Å². The third-order valence-electron chi connectivity index (χ3n) is 6.89. The Hall–Kier alpha value is -2.12. The minimum Gasteiger partial charge on any atom is -0.465 e. The monoisotopic (exact) mass is 584 g/mol. The predicted molar refractivity (Wildman–Crippen MR) is 161 cm³/mol. The van der Waals surface area contributed by atoms with Crippen molar-refractivity contribution in [3.8, 4) is 0 Å². The van der Waals surface area contributed by atoms with Crippen LogP contribution in [0, 0.1) is 17.3 Å². The average molecular weight is 585 g/mol. The van der Waals surface area contributed by atoms with Crippen LogP contribution in [0.15, 0.2) is 0 Å². The van der Waals surface area contributed by atoms with E-state index in [2.05, 4.69) is 27.7 Å². The first kappa shape index (κ1) is 38.9. The molecule has 8 heteroatoms. The lowest BCUT2D eigenvalue weighted by atomic mass is 9.92. The molecule has 0 heterocycles. The van der Waals surface area contributed by atoms with Crippen LogP contribution in [0.2, 0.25) is 0 Å². The Kier molecular flexibility index (Phi) is 23.2. The molecule has 0 radical (unpaired) electrons. The lowest BCUT2D eigenvalue weighted by Crippen LogP contribution is -2.44. The van der Waals surface area contributed by atoms with E-state index in [1.54, 1.807) is 0 Å². The van der Waals surface area contributed by atoms with E-state index in [4.69, 9.17) is 18.9 Å². The van der Waals surface area contributed by atoms with E-state index in [0.29, 0.717) is 24.7 Å². The lowest BCUT2D eigenvalue weighted by molar-refractivity contribution is -0.170. The second kappa shape index (κ2) is 24.5. The van der Waals surface area contributed by atoms with Crippen LogP contribution in [0.1, 0.15) is 144 Å². The highest BCUT2D eigenvalue weighted by atomic mass is 16.6. The van der Waals surface area contributed by atoms with Gasteiger partial charge in [0.15, 0.2) is 0 Å². The Balaban J connectivity index is 5.19. The fourth-order valence-electron chi connectivity index (χ4n) is 4.23. The van der Waals surface area contributed by atoms with Crippen LogP contribution in [-0.4, -0.2) is 50.3 Å². The molecule has 0 aromatic carbocycles. The zero-order valence-corrected chi connectivity index (χ0v) is 27.1. The van der Waals surface area contributed by atoms with Gasteiger partial charge in [-0.05, 0) is 37.5 Å². The standard InChI is InChI=1S/C33H60O8/c1-7-17-29(34)38-23-33(24-39-30(35)18-8-2,25-40-31(36)21-15-11-9-13-19-27(3)4)26-41-32(37)22-16-12-10-14-20-28(5)6/h27-28H,7-26H2,1-6H3. The topological polar surface area (TPSA) is 105 Å². The average Bonchev–Trinajstić information content (AvgIpc) is 2.91. The van der Waals surface area contributed by atoms with Crippen LogP contribution in [0.25, 0.3) is 0 Å². The summed E-state index contributed by atoms with van der Waals surface area (Å²) in [5.41, 5.74) is -1.17. The smallest absolute Gasteiger partial charge is 0.305 e. The number of ether oxygens (including phenoxy) is 4. The zero-order valence-electron chi connectivity index (χ0n) is 27.1. The summed E-state index contributed by atoms with van der Waals surface area (Å²) in [7, 11) is 0. The highest BCUT2D eigenvalue weighted by molar-refractivity contribution is 5.71. The van der Waals surface area contributed by atoms with E-state index in [-0.39, 0.29) is 64.0 Å². The van der Waals surface area contributed by atoms with Gasteiger partial charge in [0.2, 0.25) is 0 Å². The van der Waals surface area contributed by atoms with Crippen LogP contribution in [-0.2, 0) is 38.1 Å². The molecule has 0 unspecified atom stereocenters. The summed E-state index contributed by atoms with van der Waals surface area (Å²) in [6.45, 7) is 11.8.